The average Bonchev–Trinajstić information content (AvgIpc) is 2.95. The van der Waals surface area contributed by atoms with E-state index >= 15 is 0 Å². The molecule has 3 rings (SSSR count). The largest absolute Gasteiger partial charge is 0.396 e. The van der Waals surface area contributed by atoms with Crippen LogP contribution < -0.4 is 0 Å². The maximum absolute atomic E-state index is 9.63. The maximum atomic E-state index is 9.63. The molecule has 0 saturated carbocycles. The summed E-state index contributed by atoms with van der Waals surface area (Å²) in [6.45, 7) is 13.3. The normalized spacial score (nSPS) is 44.7. The summed E-state index contributed by atoms with van der Waals surface area (Å²) in [5, 5.41) is 75.5. The molecule has 14 nitrogen and oxygen atoms in total. The Hall–Kier alpha value is -0.560. The Bertz CT molecular complexity index is 684. The van der Waals surface area contributed by atoms with Crippen molar-refractivity contribution in [2.45, 2.75) is 122 Å². The van der Waals surface area contributed by atoms with Gasteiger partial charge in [-0.15, -0.1) is 0 Å². The third-order valence-electron chi connectivity index (χ3n) is 7.67. The first-order chi connectivity index (χ1) is 19.3. The predicted molar refractivity (Wildman–Crippen MR) is 144 cm³/mol. The molecular weight excluding hydrogens is 548 g/mol. The molecule has 0 aromatic rings. The standard InChI is InChI=1S/2C9H18O5.C9H18O4/c1-3-13-9-6(4-10)8(12)7(11)5(2)14-9;1-3-13-9-8(12)7(11)5(2)6(4-10)14-9;1-4-12-9-8(11)7(10)5(2)6(3)13-9/h2*5-12H,3-4H2,1-2H3;5-11H,4H2,1-3H3. The van der Waals surface area contributed by atoms with E-state index < -0.39 is 73.6 Å². The lowest BCUT2D eigenvalue weighted by atomic mass is 9.91. The monoisotopic (exact) mass is 602 g/mol. The molecule has 3 aliphatic heterocycles. The van der Waals surface area contributed by atoms with Crippen LogP contribution in [0.3, 0.4) is 0 Å². The molecule has 0 spiro atoms. The van der Waals surface area contributed by atoms with Crippen molar-refractivity contribution in [3.8, 4) is 0 Å². The molecule has 8 N–H and O–H groups in total. The second-order valence-electron chi connectivity index (χ2n) is 10.5. The van der Waals surface area contributed by atoms with Gasteiger partial charge in [0.2, 0.25) is 0 Å². The van der Waals surface area contributed by atoms with Crippen LogP contribution in [0.25, 0.3) is 0 Å². The molecule has 0 aliphatic carbocycles. The van der Waals surface area contributed by atoms with E-state index in [1.807, 2.05) is 20.8 Å². The highest BCUT2D eigenvalue weighted by molar-refractivity contribution is 4.88. The van der Waals surface area contributed by atoms with Crippen LogP contribution in [-0.4, -0.2) is 148 Å². The summed E-state index contributed by atoms with van der Waals surface area (Å²) in [6.07, 6.45) is -8.86. The van der Waals surface area contributed by atoms with E-state index in [0.717, 1.165) is 0 Å². The van der Waals surface area contributed by atoms with Crippen molar-refractivity contribution in [2.75, 3.05) is 33.0 Å². The van der Waals surface area contributed by atoms with Crippen LogP contribution in [0.2, 0.25) is 0 Å². The molecule has 3 saturated heterocycles. The van der Waals surface area contributed by atoms with Gasteiger partial charge >= 0.3 is 0 Å². The lowest BCUT2D eigenvalue weighted by molar-refractivity contribution is -0.286. The zero-order valence-corrected chi connectivity index (χ0v) is 25.2. The zero-order valence-electron chi connectivity index (χ0n) is 25.2. The second-order valence-corrected chi connectivity index (χ2v) is 10.5. The van der Waals surface area contributed by atoms with E-state index in [0.29, 0.717) is 19.8 Å². The van der Waals surface area contributed by atoms with Gasteiger partial charge in [-0.1, -0.05) is 13.8 Å². The van der Waals surface area contributed by atoms with Gasteiger partial charge in [-0.3, -0.25) is 0 Å². The van der Waals surface area contributed by atoms with Crippen LogP contribution in [-0.2, 0) is 28.4 Å². The molecule has 15 unspecified atom stereocenters. The third kappa shape index (κ3) is 10.5. The third-order valence-corrected chi connectivity index (χ3v) is 7.67. The van der Waals surface area contributed by atoms with Crippen molar-refractivity contribution >= 4 is 0 Å². The molecule has 14 heteroatoms. The fraction of sp³-hybridized carbons (Fsp3) is 1.00. The number of rotatable bonds is 8. The first kappa shape index (κ1) is 38.5. The minimum atomic E-state index is -1.05. The van der Waals surface area contributed by atoms with Gasteiger partial charge in [-0.2, -0.15) is 0 Å². The van der Waals surface area contributed by atoms with Gasteiger partial charge < -0.3 is 69.3 Å². The molecule has 0 radical (unpaired) electrons. The van der Waals surface area contributed by atoms with E-state index in [1.165, 1.54) is 0 Å². The van der Waals surface area contributed by atoms with Crippen molar-refractivity contribution in [1.29, 1.82) is 0 Å². The highest BCUT2D eigenvalue weighted by Crippen LogP contribution is 2.28. The predicted octanol–water partition coefficient (Wildman–Crippen LogP) is -1.68. The summed E-state index contributed by atoms with van der Waals surface area (Å²) in [4.78, 5) is 0. The van der Waals surface area contributed by atoms with Crippen molar-refractivity contribution < 1.29 is 69.3 Å². The molecule has 0 aromatic carbocycles. The van der Waals surface area contributed by atoms with Gasteiger partial charge in [-0.25, -0.2) is 0 Å². The Morgan fingerprint density at radius 3 is 1.39 bits per heavy atom. The summed E-state index contributed by atoms with van der Waals surface area (Å²) < 4.78 is 31.5. The van der Waals surface area contributed by atoms with Crippen molar-refractivity contribution in [1.82, 2.24) is 0 Å². The van der Waals surface area contributed by atoms with Crippen molar-refractivity contribution in [2.24, 2.45) is 17.8 Å². The summed E-state index contributed by atoms with van der Waals surface area (Å²) in [5.74, 6) is -0.945. The number of hydrogen-bond donors (Lipinski definition) is 8. The Labute approximate surface area is 242 Å². The molecule has 15 atom stereocenters. The second kappa shape index (κ2) is 19.0. The fourth-order valence-electron chi connectivity index (χ4n) is 4.65. The van der Waals surface area contributed by atoms with Crippen LogP contribution in [0.15, 0.2) is 0 Å². The first-order valence-electron chi connectivity index (χ1n) is 14.4. The van der Waals surface area contributed by atoms with E-state index in [9.17, 15) is 30.6 Å². The Morgan fingerprint density at radius 1 is 0.488 bits per heavy atom. The van der Waals surface area contributed by atoms with Crippen molar-refractivity contribution in [3.63, 3.8) is 0 Å². The molecule has 0 aromatic heterocycles. The van der Waals surface area contributed by atoms with Gasteiger partial charge in [0.05, 0.1) is 55.8 Å². The highest BCUT2D eigenvalue weighted by Gasteiger charge is 2.44. The zero-order chi connectivity index (χ0) is 31.4. The molecule has 3 heterocycles. The minimum Gasteiger partial charge on any atom is -0.396 e. The Kier molecular flexibility index (Phi) is 17.8. The SMILES string of the molecule is CCOC1OC(C)C(C)C(O)C1O.CCOC1OC(C)C(O)C(O)C1CO.CCOC1OC(CO)C(C)C(O)C1O. The van der Waals surface area contributed by atoms with E-state index in [2.05, 4.69) is 0 Å². The quantitative estimate of drug-likeness (QED) is 0.156. The number of ether oxygens (including phenoxy) is 6. The van der Waals surface area contributed by atoms with Crippen LogP contribution in [0.5, 0.6) is 0 Å². The van der Waals surface area contributed by atoms with Gasteiger partial charge in [0.1, 0.15) is 18.3 Å². The molecule has 3 aliphatic rings. The molecule has 246 valence electrons. The number of aliphatic hydroxyl groups excluding tert-OH is 8. The van der Waals surface area contributed by atoms with Crippen LogP contribution in [0, 0.1) is 17.8 Å². The summed E-state index contributed by atoms with van der Waals surface area (Å²) >= 11 is 0. The number of hydrogen-bond acceptors (Lipinski definition) is 14. The Balaban J connectivity index is 0.000000308. The highest BCUT2D eigenvalue weighted by atomic mass is 16.7. The van der Waals surface area contributed by atoms with Gasteiger partial charge in [-0.05, 0) is 34.6 Å². The topological polar surface area (TPSA) is 217 Å². The summed E-state index contributed by atoms with van der Waals surface area (Å²) in [6, 6.07) is 0. The lowest BCUT2D eigenvalue weighted by Gasteiger charge is -2.40. The smallest absolute Gasteiger partial charge is 0.186 e. The summed E-state index contributed by atoms with van der Waals surface area (Å²) in [5.41, 5.74) is 0. The van der Waals surface area contributed by atoms with Gasteiger partial charge in [0, 0.05) is 31.7 Å². The molecule has 41 heavy (non-hydrogen) atoms. The van der Waals surface area contributed by atoms with Crippen molar-refractivity contribution in [3.05, 3.63) is 0 Å². The first-order valence-corrected chi connectivity index (χ1v) is 14.4. The summed E-state index contributed by atoms with van der Waals surface area (Å²) in [7, 11) is 0. The van der Waals surface area contributed by atoms with Gasteiger partial charge in [0.25, 0.3) is 0 Å². The average molecular weight is 603 g/mol. The number of aliphatic hydroxyl groups is 8. The van der Waals surface area contributed by atoms with Crippen LogP contribution in [0.1, 0.15) is 48.5 Å². The molecule has 3 fully saturated rings. The lowest BCUT2D eigenvalue weighted by Crippen LogP contribution is -2.55. The molecular formula is C27H54O14. The van der Waals surface area contributed by atoms with E-state index in [4.69, 9.17) is 38.6 Å². The molecule has 0 bridgehead atoms. The Morgan fingerprint density at radius 2 is 0.927 bits per heavy atom. The van der Waals surface area contributed by atoms with Crippen LogP contribution >= 0.6 is 0 Å². The fourth-order valence-corrected chi connectivity index (χ4v) is 4.65. The van der Waals surface area contributed by atoms with E-state index in [1.54, 1.807) is 27.7 Å². The van der Waals surface area contributed by atoms with Gasteiger partial charge in [0.15, 0.2) is 18.9 Å². The minimum absolute atomic E-state index is 0.0632. The maximum Gasteiger partial charge on any atom is 0.186 e. The molecule has 0 amide bonds. The van der Waals surface area contributed by atoms with E-state index in [-0.39, 0.29) is 31.2 Å². The van der Waals surface area contributed by atoms with Crippen LogP contribution in [0.4, 0.5) is 0 Å².